The van der Waals surface area contributed by atoms with Crippen LogP contribution in [-0.2, 0) is 6.54 Å². The second-order valence-electron chi connectivity index (χ2n) is 4.51. The van der Waals surface area contributed by atoms with Crippen molar-refractivity contribution < 1.29 is 9.90 Å². The van der Waals surface area contributed by atoms with E-state index < -0.39 is 11.5 Å². The third-order valence-electron chi connectivity index (χ3n) is 3.10. The number of rotatable bonds is 3. The first-order chi connectivity index (χ1) is 9.41. The van der Waals surface area contributed by atoms with Crippen molar-refractivity contribution in [2.24, 2.45) is 0 Å². The number of carbonyl (C=O) groups is 1. The van der Waals surface area contributed by atoms with Gasteiger partial charge in [-0.25, -0.2) is 4.79 Å². The largest absolute Gasteiger partial charge is 0.477 e. The van der Waals surface area contributed by atoms with Gasteiger partial charge >= 0.3 is 5.97 Å². The van der Waals surface area contributed by atoms with Crippen molar-refractivity contribution in [3.63, 3.8) is 0 Å². The molecule has 0 saturated heterocycles. The van der Waals surface area contributed by atoms with E-state index >= 15 is 0 Å². The summed E-state index contributed by atoms with van der Waals surface area (Å²) in [5, 5.41) is 9.57. The highest BCUT2D eigenvalue weighted by Crippen LogP contribution is 2.16. The molecule has 0 bridgehead atoms. The second kappa shape index (κ2) is 5.46. The molecule has 2 heterocycles. The number of pyridine rings is 2. The third-order valence-corrected chi connectivity index (χ3v) is 3.44. The van der Waals surface area contributed by atoms with Crippen LogP contribution in [0.15, 0.2) is 29.3 Å². The normalized spacial score (nSPS) is 10.6. The summed E-state index contributed by atoms with van der Waals surface area (Å²) >= 11 is 6.02. The Kier molecular flexibility index (Phi) is 3.90. The van der Waals surface area contributed by atoms with Gasteiger partial charge in [-0.2, -0.15) is 0 Å². The number of hydrogen-bond donors (Lipinski definition) is 1. The van der Waals surface area contributed by atoms with Crippen LogP contribution in [-0.4, -0.2) is 20.6 Å². The minimum atomic E-state index is -1.22. The van der Waals surface area contributed by atoms with Crippen LogP contribution >= 0.6 is 11.6 Å². The van der Waals surface area contributed by atoms with Crippen LogP contribution in [0.25, 0.3) is 0 Å². The summed E-state index contributed by atoms with van der Waals surface area (Å²) in [4.78, 5) is 27.3. The Bertz CT molecular complexity index is 738. The molecule has 1 N–H and O–H groups in total. The molecule has 0 unspecified atom stereocenters. The highest BCUT2D eigenvalue weighted by Gasteiger charge is 2.17. The fourth-order valence-corrected chi connectivity index (χ4v) is 2.27. The van der Waals surface area contributed by atoms with Gasteiger partial charge in [-0.3, -0.25) is 9.78 Å². The highest BCUT2D eigenvalue weighted by atomic mass is 35.5. The van der Waals surface area contributed by atoms with Gasteiger partial charge in [0.25, 0.3) is 5.56 Å². The molecule has 2 aromatic heterocycles. The monoisotopic (exact) mass is 292 g/mol. The molecule has 6 heteroatoms. The van der Waals surface area contributed by atoms with Gasteiger partial charge in [-0.05, 0) is 37.1 Å². The first kappa shape index (κ1) is 14.3. The van der Waals surface area contributed by atoms with Gasteiger partial charge < -0.3 is 9.67 Å². The molecule has 20 heavy (non-hydrogen) atoms. The highest BCUT2D eigenvalue weighted by molar-refractivity contribution is 6.31. The Morgan fingerprint density at radius 1 is 1.45 bits per heavy atom. The minimum Gasteiger partial charge on any atom is -0.477 e. The zero-order chi connectivity index (χ0) is 14.9. The number of carboxylic acid groups (broad SMARTS) is 1. The maximum Gasteiger partial charge on any atom is 0.341 e. The number of hydrogen-bond acceptors (Lipinski definition) is 3. The molecule has 0 radical (unpaired) electrons. The van der Waals surface area contributed by atoms with E-state index in [0.29, 0.717) is 21.8 Å². The third kappa shape index (κ3) is 2.58. The summed E-state index contributed by atoms with van der Waals surface area (Å²) < 4.78 is 1.40. The van der Waals surface area contributed by atoms with Crippen molar-refractivity contribution in [3.05, 3.63) is 62.3 Å². The standard InChI is InChI=1S/C14H13ClN2O3/c1-8-5-9(2)17(13(18)12(8)14(19)20)7-10-3-4-16-6-11(10)15/h3-6H,7H2,1-2H3,(H,19,20). The van der Waals surface area contributed by atoms with Crippen LogP contribution in [0.5, 0.6) is 0 Å². The zero-order valence-electron chi connectivity index (χ0n) is 11.1. The fourth-order valence-electron chi connectivity index (χ4n) is 2.09. The number of halogens is 1. The summed E-state index contributed by atoms with van der Waals surface area (Å²) in [6.07, 6.45) is 3.07. The zero-order valence-corrected chi connectivity index (χ0v) is 11.8. The lowest BCUT2D eigenvalue weighted by atomic mass is 10.1. The van der Waals surface area contributed by atoms with Gasteiger partial charge in [-0.1, -0.05) is 11.6 Å². The number of aromatic nitrogens is 2. The van der Waals surface area contributed by atoms with E-state index in [0.717, 1.165) is 0 Å². The van der Waals surface area contributed by atoms with Crippen molar-refractivity contribution in [1.82, 2.24) is 9.55 Å². The molecular weight excluding hydrogens is 280 g/mol. The molecule has 0 fully saturated rings. The molecule has 2 aromatic rings. The van der Waals surface area contributed by atoms with E-state index in [-0.39, 0.29) is 12.1 Å². The van der Waals surface area contributed by atoms with E-state index in [1.807, 2.05) is 0 Å². The van der Waals surface area contributed by atoms with Gasteiger partial charge in [0.2, 0.25) is 0 Å². The second-order valence-corrected chi connectivity index (χ2v) is 4.91. The maximum atomic E-state index is 12.3. The van der Waals surface area contributed by atoms with Gasteiger partial charge in [0, 0.05) is 18.1 Å². The van der Waals surface area contributed by atoms with Crippen molar-refractivity contribution in [3.8, 4) is 0 Å². The molecule has 0 spiro atoms. The van der Waals surface area contributed by atoms with E-state index in [4.69, 9.17) is 16.7 Å². The van der Waals surface area contributed by atoms with Crippen LogP contribution in [0.4, 0.5) is 0 Å². The Hall–Kier alpha value is -2.14. The van der Waals surface area contributed by atoms with E-state index in [1.165, 1.54) is 10.8 Å². The Labute approximate surface area is 120 Å². The minimum absolute atomic E-state index is 0.208. The Morgan fingerprint density at radius 3 is 2.75 bits per heavy atom. The summed E-state index contributed by atoms with van der Waals surface area (Å²) in [6, 6.07) is 3.38. The van der Waals surface area contributed by atoms with Gasteiger partial charge in [0.1, 0.15) is 5.56 Å². The molecular formula is C14H13ClN2O3. The number of aromatic carboxylic acids is 1. The van der Waals surface area contributed by atoms with Crippen LogP contribution in [0.2, 0.25) is 5.02 Å². The molecule has 5 nitrogen and oxygen atoms in total. The molecule has 0 aliphatic carbocycles. The van der Waals surface area contributed by atoms with Crippen LogP contribution < -0.4 is 5.56 Å². The quantitative estimate of drug-likeness (QED) is 0.942. The van der Waals surface area contributed by atoms with E-state index in [1.54, 1.807) is 32.2 Å². The van der Waals surface area contributed by atoms with E-state index in [9.17, 15) is 9.59 Å². The lowest BCUT2D eigenvalue weighted by molar-refractivity contribution is 0.0693. The van der Waals surface area contributed by atoms with Gasteiger partial charge in [0.05, 0.1) is 11.6 Å². The average Bonchev–Trinajstić information content (AvgIpc) is 2.35. The van der Waals surface area contributed by atoms with Crippen molar-refractivity contribution in [2.75, 3.05) is 0 Å². The predicted molar refractivity (Wildman–Crippen MR) is 75.5 cm³/mol. The molecule has 2 rings (SSSR count). The topological polar surface area (TPSA) is 72.2 Å². The fraction of sp³-hybridized carbons (Fsp3) is 0.214. The Morgan fingerprint density at radius 2 is 2.15 bits per heavy atom. The van der Waals surface area contributed by atoms with Crippen LogP contribution in [0, 0.1) is 13.8 Å². The number of aryl methyl sites for hydroxylation is 2. The maximum absolute atomic E-state index is 12.3. The first-order valence-corrected chi connectivity index (χ1v) is 6.32. The first-order valence-electron chi connectivity index (χ1n) is 5.94. The lowest BCUT2D eigenvalue weighted by Crippen LogP contribution is -2.29. The number of nitrogens with zero attached hydrogens (tertiary/aromatic N) is 2. The van der Waals surface area contributed by atoms with Crippen molar-refractivity contribution >= 4 is 17.6 Å². The van der Waals surface area contributed by atoms with Gasteiger partial charge in [-0.15, -0.1) is 0 Å². The Balaban J connectivity index is 2.58. The molecule has 0 atom stereocenters. The molecule has 0 aliphatic rings. The molecule has 0 saturated carbocycles. The summed E-state index contributed by atoms with van der Waals surface area (Å²) in [5.74, 6) is -1.22. The van der Waals surface area contributed by atoms with Crippen LogP contribution in [0.3, 0.4) is 0 Å². The smallest absolute Gasteiger partial charge is 0.341 e. The SMILES string of the molecule is Cc1cc(C)n(Cc2ccncc2Cl)c(=O)c1C(=O)O. The molecule has 0 amide bonds. The summed E-state index contributed by atoms with van der Waals surface area (Å²) in [5.41, 5.74) is 1.12. The lowest BCUT2D eigenvalue weighted by Gasteiger charge is -2.13. The van der Waals surface area contributed by atoms with Crippen LogP contribution in [0.1, 0.15) is 27.2 Å². The molecule has 0 aromatic carbocycles. The van der Waals surface area contributed by atoms with Gasteiger partial charge in [0.15, 0.2) is 0 Å². The van der Waals surface area contributed by atoms with E-state index in [2.05, 4.69) is 4.98 Å². The summed E-state index contributed by atoms with van der Waals surface area (Å²) in [7, 11) is 0. The van der Waals surface area contributed by atoms with Crippen molar-refractivity contribution in [1.29, 1.82) is 0 Å². The van der Waals surface area contributed by atoms with Crippen molar-refractivity contribution in [2.45, 2.75) is 20.4 Å². The average molecular weight is 293 g/mol. The molecule has 104 valence electrons. The number of carboxylic acids is 1. The molecule has 0 aliphatic heterocycles. The summed E-state index contributed by atoms with van der Waals surface area (Å²) in [6.45, 7) is 3.59. The predicted octanol–water partition coefficient (Wildman–Crippen LogP) is 2.26.